The molecular weight excluding hydrogens is 246 g/mol. The summed E-state index contributed by atoms with van der Waals surface area (Å²) in [7, 11) is 0. The Balaban J connectivity index is 1.50. The molecular formula is C17H27N3. The minimum absolute atomic E-state index is 0.772. The van der Waals surface area contributed by atoms with Crippen LogP contribution in [0.4, 0.5) is 0 Å². The molecule has 1 aromatic heterocycles. The summed E-state index contributed by atoms with van der Waals surface area (Å²) in [6.07, 6.45) is 10.1. The molecule has 1 heterocycles. The van der Waals surface area contributed by atoms with E-state index in [1.165, 1.54) is 56.3 Å². The van der Waals surface area contributed by atoms with Gasteiger partial charge in [-0.25, -0.2) is 0 Å². The number of unbranched alkanes of at least 4 members (excludes halogenated alkanes) is 1. The van der Waals surface area contributed by atoms with Gasteiger partial charge in [0.05, 0.1) is 5.69 Å². The molecule has 2 aliphatic carbocycles. The zero-order chi connectivity index (χ0) is 13.8. The second-order valence-corrected chi connectivity index (χ2v) is 6.37. The van der Waals surface area contributed by atoms with Gasteiger partial charge in [0.15, 0.2) is 0 Å². The second-order valence-electron chi connectivity index (χ2n) is 6.37. The lowest BCUT2D eigenvalue weighted by molar-refractivity contribution is 0.248. The van der Waals surface area contributed by atoms with Crippen LogP contribution in [0.5, 0.6) is 0 Å². The van der Waals surface area contributed by atoms with Crippen molar-refractivity contribution in [3.8, 4) is 0 Å². The highest BCUT2D eigenvalue weighted by atomic mass is 15.2. The molecule has 3 nitrogen and oxygen atoms in total. The SMILES string of the molecule is CCCCN(Cc1ccc(CNC2CC2)cn1)C1CC1. The van der Waals surface area contributed by atoms with Crippen molar-refractivity contribution in [2.45, 2.75) is 70.6 Å². The van der Waals surface area contributed by atoms with Crippen molar-refractivity contribution in [1.82, 2.24) is 15.2 Å². The molecule has 0 aromatic carbocycles. The summed E-state index contributed by atoms with van der Waals surface area (Å²) in [6, 6.07) is 6.06. The van der Waals surface area contributed by atoms with Crippen molar-refractivity contribution in [1.29, 1.82) is 0 Å². The van der Waals surface area contributed by atoms with E-state index in [4.69, 9.17) is 0 Å². The van der Waals surface area contributed by atoms with Crippen molar-refractivity contribution < 1.29 is 0 Å². The second kappa shape index (κ2) is 6.68. The largest absolute Gasteiger partial charge is 0.310 e. The number of nitrogens with zero attached hydrogens (tertiary/aromatic N) is 2. The van der Waals surface area contributed by atoms with Gasteiger partial charge in [0.1, 0.15) is 0 Å². The normalized spacial score (nSPS) is 18.7. The predicted molar refractivity (Wildman–Crippen MR) is 82.4 cm³/mol. The summed E-state index contributed by atoms with van der Waals surface area (Å²) in [6.45, 7) is 5.50. The van der Waals surface area contributed by atoms with E-state index in [2.05, 4.69) is 40.5 Å². The van der Waals surface area contributed by atoms with E-state index in [1.54, 1.807) is 0 Å². The van der Waals surface area contributed by atoms with Crippen LogP contribution in [0.3, 0.4) is 0 Å². The zero-order valence-corrected chi connectivity index (χ0v) is 12.6. The molecule has 0 aliphatic heterocycles. The molecule has 20 heavy (non-hydrogen) atoms. The highest BCUT2D eigenvalue weighted by Crippen LogP contribution is 2.28. The quantitative estimate of drug-likeness (QED) is 0.749. The zero-order valence-electron chi connectivity index (χ0n) is 12.6. The Kier molecular flexibility index (Phi) is 4.69. The molecule has 0 amide bonds. The lowest BCUT2D eigenvalue weighted by atomic mass is 10.2. The van der Waals surface area contributed by atoms with Gasteiger partial charge in [-0.1, -0.05) is 19.4 Å². The number of nitrogens with one attached hydrogen (secondary N) is 1. The van der Waals surface area contributed by atoms with Gasteiger partial charge < -0.3 is 5.32 Å². The third-order valence-electron chi connectivity index (χ3n) is 4.29. The fraction of sp³-hybridized carbons (Fsp3) is 0.706. The predicted octanol–water partition coefficient (Wildman–Crippen LogP) is 3.10. The van der Waals surface area contributed by atoms with E-state index >= 15 is 0 Å². The summed E-state index contributed by atoms with van der Waals surface area (Å²) in [5, 5.41) is 3.54. The fourth-order valence-corrected chi connectivity index (χ4v) is 2.60. The van der Waals surface area contributed by atoms with Crippen LogP contribution < -0.4 is 5.32 Å². The van der Waals surface area contributed by atoms with E-state index in [1.807, 2.05) is 0 Å². The van der Waals surface area contributed by atoms with Gasteiger partial charge in [-0.05, 0) is 50.3 Å². The van der Waals surface area contributed by atoms with Crippen LogP contribution in [0.2, 0.25) is 0 Å². The number of hydrogen-bond acceptors (Lipinski definition) is 3. The Morgan fingerprint density at radius 2 is 2.10 bits per heavy atom. The Bertz CT molecular complexity index is 407. The molecule has 2 aliphatic rings. The van der Waals surface area contributed by atoms with E-state index in [0.717, 1.165) is 25.2 Å². The lowest BCUT2D eigenvalue weighted by Crippen LogP contribution is -2.27. The fourth-order valence-electron chi connectivity index (χ4n) is 2.60. The first-order valence-corrected chi connectivity index (χ1v) is 8.26. The highest BCUT2D eigenvalue weighted by Gasteiger charge is 2.28. The van der Waals surface area contributed by atoms with Crippen LogP contribution in [-0.2, 0) is 13.1 Å². The Labute approximate surface area is 122 Å². The minimum Gasteiger partial charge on any atom is -0.310 e. The molecule has 0 saturated heterocycles. The maximum Gasteiger partial charge on any atom is 0.0544 e. The molecule has 1 aromatic rings. The van der Waals surface area contributed by atoms with Crippen LogP contribution in [-0.4, -0.2) is 28.5 Å². The maximum atomic E-state index is 4.65. The Morgan fingerprint density at radius 3 is 2.70 bits per heavy atom. The number of pyridine rings is 1. The molecule has 2 fully saturated rings. The van der Waals surface area contributed by atoms with Crippen LogP contribution in [0, 0.1) is 0 Å². The highest BCUT2D eigenvalue weighted by molar-refractivity contribution is 5.14. The molecule has 2 saturated carbocycles. The Morgan fingerprint density at radius 1 is 1.25 bits per heavy atom. The summed E-state index contributed by atoms with van der Waals surface area (Å²) >= 11 is 0. The molecule has 0 radical (unpaired) electrons. The first-order chi connectivity index (χ1) is 9.85. The molecule has 0 atom stereocenters. The summed E-state index contributed by atoms with van der Waals surface area (Å²) in [5.74, 6) is 0. The summed E-state index contributed by atoms with van der Waals surface area (Å²) in [4.78, 5) is 7.27. The van der Waals surface area contributed by atoms with Gasteiger partial charge in [-0.15, -0.1) is 0 Å². The van der Waals surface area contributed by atoms with Gasteiger partial charge >= 0.3 is 0 Å². The van der Waals surface area contributed by atoms with Crippen molar-refractivity contribution in [2.75, 3.05) is 6.54 Å². The molecule has 110 valence electrons. The van der Waals surface area contributed by atoms with Crippen LogP contribution in [0.25, 0.3) is 0 Å². The number of aromatic nitrogens is 1. The Hall–Kier alpha value is -0.930. The van der Waals surface area contributed by atoms with E-state index in [0.29, 0.717) is 0 Å². The van der Waals surface area contributed by atoms with Crippen LogP contribution >= 0.6 is 0 Å². The summed E-state index contributed by atoms with van der Waals surface area (Å²) in [5.41, 5.74) is 2.54. The smallest absolute Gasteiger partial charge is 0.0544 e. The maximum absolute atomic E-state index is 4.65. The van der Waals surface area contributed by atoms with Crippen molar-refractivity contribution in [3.63, 3.8) is 0 Å². The van der Waals surface area contributed by atoms with Gasteiger partial charge in [-0.3, -0.25) is 9.88 Å². The van der Waals surface area contributed by atoms with Gasteiger partial charge in [0, 0.05) is 31.4 Å². The third-order valence-corrected chi connectivity index (χ3v) is 4.29. The van der Waals surface area contributed by atoms with Crippen LogP contribution in [0.1, 0.15) is 56.7 Å². The van der Waals surface area contributed by atoms with E-state index in [-0.39, 0.29) is 0 Å². The van der Waals surface area contributed by atoms with Gasteiger partial charge in [-0.2, -0.15) is 0 Å². The van der Waals surface area contributed by atoms with Crippen LogP contribution in [0.15, 0.2) is 18.3 Å². The van der Waals surface area contributed by atoms with Crippen molar-refractivity contribution >= 4 is 0 Å². The summed E-state index contributed by atoms with van der Waals surface area (Å²) < 4.78 is 0. The van der Waals surface area contributed by atoms with Crippen molar-refractivity contribution in [2.24, 2.45) is 0 Å². The molecule has 3 heteroatoms. The molecule has 0 bridgehead atoms. The lowest BCUT2D eigenvalue weighted by Gasteiger charge is -2.21. The topological polar surface area (TPSA) is 28.2 Å². The molecule has 0 spiro atoms. The van der Waals surface area contributed by atoms with Crippen molar-refractivity contribution in [3.05, 3.63) is 29.6 Å². The van der Waals surface area contributed by atoms with E-state index < -0.39 is 0 Å². The standard InChI is InChI=1S/C17H27N3/c1-2-3-10-20(17-8-9-17)13-16-5-4-14(12-19-16)11-18-15-6-7-15/h4-5,12,15,17-18H,2-3,6-11,13H2,1H3. The number of rotatable bonds is 9. The average Bonchev–Trinajstić information content (AvgIpc) is 3.36. The molecule has 3 rings (SSSR count). The number of hydrogen-bond donors (Lipinski definition) is 1. The minimum atomic E-state index is 0.772. The first kappa shape index (κ1) is 14.0. The third kappa shape index (κ3) is 4.29. The van der Waals surface area contributed by atoms with Gasteiger partial charge in [0.2, 0.25) is 0 Å². The molecule has 0 unspecified atom stereocenters. The average molecular weight is 273 g/mol. The first-order valence-electron chi connectivity index (χ1n) is 8.26. The molecule has 1 N–H and O–H groups in total. The monoisotopic (exact) mass is 273 g/mol. The van der Waals surface area contributed by atoms with Gasteiger partial charge in [0.25, 0.3) is 0 Å². The van der Waals surface area contributed by atoms with E-state index in [9.17, 15) is 0 Å².